The monoisotopic (exact) mass is 405 g/mol. The quantitative estimate of drug-likeness (QED) is 0.742. The first-order valence-electron chi connectivity index (χ1n) is 9.74. The van der Waals surface area contributed by atoms with Crippen molar-refractivity contribution in [2.24, 2.45) is 17.8 Å². The van der Waals surface area contributed by atoms with Crippen molar-refractivity contribution in [1.29, 1.82) is 0 Å². The summed E-state index contributed by atoms with van der Waals surface area (Å²) in [6.45, 7) is 2.20. The van der Waals surface area contributed by atoms with Crippen molar-refractivity contribution < 1.29 is 14.3 Å². The lowest BCUT2D eigenvalue weighted by Crippen LogP contribution is -2.52. The second kappa shape index (κ2) is 7.58. The lowest BCUT2D eigenvalue weighted by Gasteiger charge is -2.47. The maximum absolute atomic E-state index is 12.7. The molecule has 150 valence electrons. The molecule has 0 saturated heterocycles. The van der Waals surface area contributed by atoms with Gasteiger partial charge >= 0.3 is 5.97 Å². The van der Waals surface area contributed by atoms with Crippen molar-refractivity contribution in [2.45, 2.75) is 38.6 Å². The van der Waals surface area contributed by atoms with E-state index < -0.39 is 0 Å². The molecule has 0 aliphatic heterocycles. The number of nitrogens with one attached hydrogen (secondary N) is 2. The Labute approximate surface area is 168 Å². The maximum Gasteiger partial charge on any atom is 0.311 e. The third-order valence-corrected chi connectivity index (χ3v) is 6.19. The molecule has 2 aromatic heterocycles. The number of hydrogen-bond donors (Lipinski definition) is 2. The molecular weight excluding hydrogens is 382 g/mol. The molecule has 0 unspecified atom stereocenters. The molecule has 0 spiro atoms. The number of ether oxygens (including phenoxy) is 1. The number of esters is 1. The Balaban J connectivity index is 1.71. The van der Waals surface area contributed by atoms with Gasteiger partial charge in [-0.1, -0.05) is 0 Å². The number of rotatable bonds is 5. The lowest BCUT2D eigenvalue weighted by atomic mass is 9.61. The number of nitrogens with zero attached hydrogens (tertiary/aromatic N) is 3. The van der Waals surface area contributed by atoms with Crippen molar-refractivity contribution in [3.05, 3.63) is 23.1 Å². The molecule has 2 atom stereocenters. The van der Waals surface area contributed by atoms with E-state index in [4.69, 9.17) is 16.3 Å². The van der Waals surface area contributed by atoms with Gasteiger partial charge in [-0.05, 0) is 68.2 Å². The van der Waals surface area contributed by atoms with Gasteiger partial charge in [0.1, 0.15) is 11.2 Å². The molecular formula is C19H24ClN5O3. The van der Waals surface area contributed by atoms with E-state index in [2.05, 4.69) is 20.7 Å². The normalized spacial score (nSPS) is 26.2. The minimum Gasteiger partial charge on any atom is -0.466 e. The summed E-state index contributed by atoms with van der Waals surface area (Å²) >= 11 is 6.14. The van der Waals surface area contributed by atoms with Gasteiger partial charge in [-0.25, -0.2) is 4.52 Å². The summed E-state index contributed by atoms with van der Waals surface area (Å²) in [5.41, 5.74) is 1.02. The van der Waals surface area contributed by atoms with Crippen LogP contribution in [0.4, 0.5) is 5.82 Å². The molecule has 2 aromatic rings. The Hall–Kier alpha value is -2.35. The van der Waals surface area contributed by atoms with Crippen LogP contribution >= 0.6 is 11.6 Å². The van der Waals surface area contributed by atoms with E-state index in [1.54, 1.807) is 19.2 Å². The van der Waals surface area contributed by atoms with Crippen molar-refractivity contribution in [1.82, 2.24) is 19.9 Å². The summed E-state index contributed by atoms with van der Waals surface area (Å²) in [7, 11) is 1.56. The zero-order valence-corrected chi connectivity index (χ0v) is 16.7. The number of halogens is 1. The summed E-state index contributed by atoms with van der Waals surface area (Å²) in [5, 5.41) is 10.3. The second-order valence-electron chi connectivity index (χ2n) is 7.45. The van der Waals surface area contributed by atoms with Crippen molar-refractivity contribution in [3.8, 4) is 0 Å². The minimum absolute atomic E-state index is 0.0324. The summed E-state index contributed by atoms with van der Waals surface area (Å²) in [6, 6.07) is 3.39. The van der Waals surface area contributed by atoms with Crippen LogP contribution in [-0.4, -0.2) is 46.2 Å². The van der Waals surface area contributed by atoms with Gasteiger partial charge in [0.25, 0.3) is 5.91 Å². The first-order valence-corrected chi connectivity index (χ1v) is 10.1. The highest BCUT2D eigenvalue weighted by Crippen LogP contribution is 2.47. The molecule has 3 fully saturated rings. The van der Waals surface area contributed by atoms with Gasteiger partial charge in [-0.3, -0.25) is 9.59 Å². The molecule has 8 nitrogen and oxygen atoms in total. The Kier molecular flexibility index (Phi) is 5.14. The Bertz CT molecular complexity index is 906. The van der Waals surface area contributed by atoms with E-state index >= 15 is 0 Å². The van der Waals surface area contributed by atoms with Crippen molar-refractivity contribution in [2.75, 3.05) is 19.0 Å². The predicted octanol–water partition coefficient (Wildman–Crippen LogP) is 2.52. The summed E-state index contributed by atoms with van der Waals surface area (Å²) < 4.78 is 6.85. The van der Waals surface area contributed by atoms with E-state index in [-0.39, 0.29) is 29.1 Å². The number of carbonyl (C=O) groups is 2. The maximum atomic E-state index is 12.7. The SMILES string of the molecule is CCOC(=O)[C@H]1[C@H]2CC[C@H](CC2)[C@@H]1Nc1nc(Cl)nn2c(C(=O)NC)ccc12. The molecule has 2 heterocycles. The Morgan fingerprint density at radius 3 is 2.64 bits per heavy atom. The Morgan fingerprint density at radius 2 is 1.96 bits per heavy atom. The smallest absolute Gasteiger partial charge is 0.311 e. The summed E-state index contributed by atoms with van der Waals surface area (Å²) in [5.74, 6) is 0.620. The zero-order chi connectivity index (χ0) is 19.8. The van der Waals surface area contributed by atoms with Crippen LogP contribution in [0.25, 0.3) is 5.52 Å². The first kappa shape index (κ1) is 19.0. The number of carbonyl (C=O) groups excluding carboxylic acids is 2. The first-order chi connectivity index (χ1) is 13.5. The standard InChI is InChI=1S/C19H24ClN5O3/c1-3-28-18(27)14-10-4-6-11(7-5-10)15(14)22-16-12-8-9-13(17(26)21-2)25(12)24-19(20)23-16/h8-11,14-15H,3-7H2,1-2H3,(H,21,26)(H,22,23,24)/t10-,11+,14-,15-/m0/s1. The van der Waals surface area contributed by atoms with E-state index in [1.165, 1.54) is 4.52 Å². The van der Waals surface area contributed by atoms with Gasteiger partial charge < -0.3 is 15.4 Å². The highest BCUT2D eigenvalue weighted by Gasteiger charge is 2.48. The number of amides is 1. The van der Waals surface area contributed by atoms with Crippen molar-refractivity contribution in [3.63, 3.8) is 0 Å². The Morgan fingerprint density at radius 1 is 1.25 bits per heavy atom. The van der Waals surface area contributed by atoms with E-state index in [1.807, 2.05) is 6.92 Å². The molecule has 3 saturated carbocycles. The average molecular weight is 406 g/mol. The molecule has 2 N–H and O–H groups in total. The molecule has 5 rings (SSSR count). The van der Waals surface area contributed by atoms with Gasteiger partial charge in [-0.15, -0.1) is 5.10 Å². The van der Waals surface area contributed by atoms with Gasteiger partial charge in [-0.2, -0.15) is 4.98 Å². The largest absolute Gasteiger partial charge is 0.466 e. The third-order valence-electron chi connectivity index (χ3n) is 6.03. The second-order valence-corrected chi connectivity index (χ2v) is 7.79. The fraction of sp³-hybridized carbons (Fsp3) is 0.579. The van der Waals surface area contributed by atoms with E-state index in [0.717, 1.165) is 25.7 Å². The predicted molar refractivity (Wildman–Crippen MR) is 104 cm³/mol. The summed E-state index contributed by atoms with van der Waals surface area (Å²) in [4.78, 5) is 29.1. The van der Waals surface area contributed by atoms with Gasteiger partial charge in [0.15, 0.2) is 5.82 Å². The summed E-state index contributed by atoms with van der Waals surface area (Å²) in [6.07, 6.45) is 4.27. The molecule has 3 aliphatic rings. The number of hydrogen-bond acceptors (Lipinski definition) is 6. The molecule has 0 aromatic carbocycles. The van der Waals surface area contributed by atoms with Crippen LogP contribution < -0.4 is 10.6 Å². The van der Waals surface area contributed by atoms with Gasteiger partial charge in [0.2, 0.25) is 5.28 Å². The van der Waals surface area contributed by atoms with Crippen LogP contribution in [0.1, 0.15) is 43.1 Å². The molecule has 28 heavy (non-hydrogen) atoms. The fourth-order valence-corrected chi connectivity index (χ4v) is 4.93. The molecule has 1 amide bonds. The van der Waals surface area contributed by atoms with E-state index in [9.17, 15) is 9.59 Å². The minimum atomic E-state index is -0.262. The average Bonchev–Trinajstić information content (AvgIpc) is 3.12. The highest BCUT2D eigenvalue weighted by molar-refractivity contribution is 6.28. The fourth-order valence-electron chi connectivity index (χ4n) is 4.77. The van der Waals surface area contributed by atoms with Gasteiger partial charge in [0, 0.05) is 13.1 Å². The third kappa shape index (κ3) is 3.19. The molecule has 9 heteroatoms. The topological polar surface area (TPSA) is 97.6 Å². The molecule has 2 bridgehead atoms. The van der Waals surface area contributed by atoms with Crippen LogP contribution in [0.5, 0.6) is 0 Å². The molecule has 3 aliphatic carbocycles. The molecule has 0 radical (unpaired) electrons. The highest BCUT2D eigenvalue weighted by atomic mass is 35.5. The number of aromatic nitrogens is 3. The van der Waals surface area contributed by atoms with Crippen LogP contribution in [0.15, 0.2) is 12.1 Å². The number of fused-ring (bicyclic) bond motifs is 4. The van der Waals surface area contributed by atoms with E-state index in [0.29, 0.717) is 35.5 Å². The van der Waals surface area contributed by atoms with Crippen LogP contribution in [-0.2, 0) is 9.53 Å². The van der Waals surface area contributed by atoms with Crippen LogP contribution in [0, 0.1) is 17.8 Å². The zero-order valence-electron chi connectivity index (χ0n) is 15.9. The van der Waals surface area contributed by atoms with Crippen LogP contribution in [0.3, 0.4) is 0 Å². The van der Waals surface area contributed by atoms with Crippen LogP contribution in [0.2, 0.25) is 5.28 Å². The van der Waals surface area contributed by atoms with Gasteiger partial charge in [0.05, 0.1) is 12.5 Å². The number of anilines is 1. The van der Waals surface area contributed by atoms with Crippen molar-refractivity contribution >= 4 is 34.8 Å². The lowest BCUT2D eigenvalue weighted by molar-refractivity contribution is -0.154.